The Labute approximate surface area is 130 Å². The lowest BCUT2D eigenvalue weighted by atomic mass is 9.86. The van der Waals surface area contributed by atoms with Gasteiger partial charge in [0.05, 0.1) is 19.3 Å². The van der Waals surface area contributed by atoms with E-state index in [1.165, 1.54) is 0 Å². The lowest BCUT2D eigenvalue weighted by Gasteiger charge is -2.21. The average molecular weight is 306 g/mol. The van der Waals surface area contributed by atoms with E-state index in [4.69, 9.17) is 4.74 Å². The fourth-order valence-corrected chi connectivity index (χ4v) is 1.84. The fraction of sp³-hybridized carbons (Fsp3) is 0.412. The molecule has 0 heterocycles. The quantitative estimate of drug-likeness (QED) is 0.392. The van der Waals surface area contributed by atoms with Gasteiger partial charge in [-0.25, -0.2) is 4.79 Å². The Balaban J connectivity index is 3.32. The van der Waals surface area contributed by atoms with Gasteiger partial charge in [0.15, 0.2) is 0 Å². The summed E-state index contributed by atoms with van der Waals surface area (Å²) in [7, 11) is 1.11. The minimum atomic E-state index is -1.03. The maximum atomic E-state index is 11.6. The van der Waals surface area contributed by atoms with Crippen molar-refractivity contribution in [3.8, 4) is 5.75 Å². The number of esters is 1. The van der Waals surface area contributed by atoms with Crippen molar-refractivity contribution in [1.29, 1.82) is 0 Å². The largest absolute Gasteiger partial charge is 0.507 e. The van der Waals surface area contributed by atoms with Gasteiger partial charge in [-0.3, -0.25) is 4.79 Å². The third-order valence-corrected chi connectivity index (χ3v) is 3.08. The van der Waals surface area contributed by atoms with Crippen LogP contribution < -0.4 is 4.74 Å². The molecule has 120 valence electrons. The zero-order chi connectivity index (χ0) is 16.9. The van der Waals surface area contributed by atoms with Gasteiger partial charge in [0.2, 0.25) is 0 Å². The first-order chi connectivity index (χ1) is 10.2. The lowest BCUT2D eigenvalue weighted by molar-refractivity contribution is -0.149. The first kappa shape index (κ1) is 17.8. The van der Waals surface area contributed by atoms with Gasteiger partial charge < -0.3 is 14.6 Å². The van der Waals surface area contributed by atoms with Gasteiger partial charge in [-0.2, -0.15) is 0 Å². The first-order valence-electron chi connectivity index (χ1n) is 7.01. The summed E-state index contributed by atoms with van der Waals surface area (Å²) in [5.41, 5.74) is 1.20. The van der Waals surface area contributed by atoms with E-state index in [0.29, 0.717) is 17.9 Å². The van der Waals surface area contributed by atoms with Crippen LogP contribution in [0.1, 0.15) is 38.8 Å². The number of aliphatic hydroxyl groups excluding tert-OH is 1. The summed E-state index contributed by atoms with van der Waals surface area (Å²) >= 11 is 0. The number of hydrogen-bond acceptors (Lipinski definition) is 5. The molecular formula is C17H22O5. The lowest BCUT2D eigenvalue weighted by Crippen LogP contribution is -2.14. The smallest absolute Gasteiger partial charge is 0.378 e. The number of carbonyl (C=O) groups excluding carboxylic acids is 2. The molecular weight excluding hydrogens is 284 g/mol. The molecule has 0 unspecified atom stereocenters. The van der Waals surface area contributed by atoms with Crippen molar-refractivity contribution in [1.82, 2.24) is 0 Å². The molecule has 0 bridgehead atoms. The van der Waals surface area contributed by atoms with Crippen molar-refractivity contribution in [3.05, 3.63) is 35.4 Å². The summed E-state index contributed by atoms with van der Waals surface area (Å²) in [6, 6.07) is 5.40. The minimum Gasteiger partial charge on any atom is -0.507 e. The van der Waals surface area contributed by atoms with E-state index < -0.39 is 11.8 Å². The summed E-state index contributed by atoms with van der Waals surface area (Å²) in [5, 5.41) is 10.2. The van der Waals surface area contributed by atoms with Crippen molar-refractivity contribution in [2.75, 3.05) is 13.7 Å². The molecule has 1 N–H and O–H groups in total. The molecule has 0 aliphatic carbocycles. The Kier molecular flexibility index (Phi) is 5.74. The van der Waals surface area contributed by atoms with Crippen LogP contribution in [0.5, 0.6) is 5.75 Å². The number of carbonyl (C=O) groups is 2. The summed E-state index contributed by atoms with van der Waals surface area (Å²) in [6.07, 6.45) is 0.843. The van der Waals surface area contributed by atoms with E-state index >= 15 is 0 Å². The second-order valence-electron chi connectivity index (χ2n) is 5.78. The van der Waals surface area contributed by atoms with Crippen molar-refractivity contribution >= 4 is 17.5 Å². The number of rotatable bonds is 5. The molecule has 0 saturated heterocycles. The monoisotopic (exact) mass is 306 g/mol. The molecule has 0 aromatic heterocycles. The molecule has 0 atom stereocenters. The number of aliphatic hydroxyl groups is 1. The third kappa shape index (κ3) is 4.35. The first-order valence-corrected chi connectivity index (χ1v) is 7.01. The fourth-order valence-electron chi connectivity index (χ4n) is 1.84. The highest BCUT2D eigenvalue weighted by Gasteiger charge is 2.19. The van der Waals surface area contributed by atoms with E-state index in [-0.39, 0.29) is 11.2 Å². The normalized spacial score (nSPS) is 12.0. The average Bonchev–Trinajstić information content (AvgIpc) is 2.45. The van der Waals surface area contributed by atoms with Crippen LogP contribution in [0.2, 0.25) is 0 Å². The van der Waals surface area contributed by atoms with Crippen LogP contribution >= 0.6 is 0 Å². The molecule has 0 aliphatic heterocycles. The van der Waals surface area contributed by atoms with Gasteiger partial charge >= 0.3 is 5.97 Å². The van der Waals surface area contributed by atoms with Crippen LogP contribution in [0.4, 0.5) is 0 Å². The summed E-state index contributed by atoms with van der Waals surface area (Å²) in [4.78, 5) is 22.7. The number of benzene rings is 1. The zero-order valence-corrected chi connectivity index (χ0v) is 13.6. The van der Waals surface area contributed by atoms with E-state index in [2.05, 4.69) is 4.74 Å². The van der Waals surface area contributed by atoms with Gasteiger partial charge in [-0.15, -0.1) is 0 Å². The predicted molar refractivity (Wildman–Crippen MR) is 83.9 cm³/mol. The number of ether oxygens (including phenoxy) is 2. The van der Waals surface area contributed by atoms with Crippen LogP contribution in [0.3, 0.4) is 0 Å². The second-order valence-corrected chi connectivity index (χ2v) is 5.78. The maximum absolute atomic E-state index is 11.6. The van der Waals surface area contributed by atoms with Crippen molar-refractivity contribution in [2.24, 2.45) is 0 Å². The number of ketones is 1. The van der Waals surface area contributed by atoms with Gasteiger partial charge in [0.25, 0.3) is 5.78 Å². The van der Waals surface area contributed by atoms with E-state index in [9.17, 15) is 14.7 Å². The molecule has 0 saturated carbocycles. The Morgan fingerprint density at radius 1 is 1.27 bits per heavy atom. The van der Waals surface area contributed by atoms with Crippen molar-refractivity contribution in [3.63, 3.8) is 0 Å². The molecule has 5 heteroatoms. The molecule has 0 fully saturated rings. The van der Waals surface area contributed by atoms with Crippen LogP contribution in [0, 0.1) is 0 Å². The minimum absolute atomic E-state index is 0.133. The highest BCUT2D eigenvalue weighted by Crippen LogP contribution is 2.31. The Hall–Kier alpha value is -2.30. The zero-order valence-electron chi connectivity index (χ0n) is 13.6. The SMILES string of the molecule is CCOc1ccc(C(C)(C)C)cc1/C(O)=C/C(=O)C(=O)OC. The van der Waals surface area contributed by atoms with Crippen LogP contribution in [0.15, 0.2) is 24.3 Å². The van der Waals surface area contributed by atoms with Crippen molar-refractivity contribution < 1.29 is 24.2 Å². The Bertz CT molecular complexity index is 594. The van der Waals surface area contributed by atoms with E-state index in [0.717, 1.165) is 18.7 Å². The molecule has 0 amide bonds. The summed E-state index contributed by atoms with van der Waals surface area (Å²) in [5.74, 6) is -1.84. The third-order valence-electron chi connectivity index (χ3n) is 3.08. The van der Waals surface area contributed by atoms with Gasteiger partial charge in [0.1, 0.15) is 11.5 Å². The molecule has 1 aromatic rings. The van der Waals surface area contributed by atoms with Crippen LogP contribution in [0.25, 0.3) is 5.76 Å². The van der Waals surface area contributed by atoms with Crippen LogP contribution in [-0.2, 0) is 19.7 Å². The summed E-state index contributed by atoms with van der Waals surface area (Å²) in [6.45, 7) is 8.34. The standard InChI is InChI=1S/C17H22O5/c1-6-22-15-8-7-11(17(2,3)4)9-12(15)13(18)10-14(19)16(20)21-5/h7-10,18H,6H2,1-5H3/b13-10-. The molecule has 1 rings (SSSR count). The van der Waals surface area contributed by atoms with Gasteiger partial charge in [-0.05, 0) is 30.0 Å². The van der Waals surface area contributed by atoms with E-state index in [1.54, 1.807) is 12.1 Å². The highest BCUT2D eigenvalue weighted by atomic mass is 16.5. The molecule has 0 spiro atoms. The van der Waals surface area contributed by atoms with Gasteiger partial charge in [0, 0.05) is 6.08 Å². The number of methoxy groups -OCH3 is 1. The summed E-state index contributed by atoms with van der Waals surface area (Å²) < 4.78 is 9.79. The maximum Gasteiger partial charge on any atom is 0.378 e. The topological polar surface area (TPSA) is 72.8 Å². The highest BCUT2D eigenvalue weighted by molar-refractivity contribution is 6.39. The Morgan fingerprint density at radius 2 is 1.91 bits per heavy atom. The number of hydrogen-bond donors (Lipinski definition) is 1. The molecule has 0 aliphatic rings. The second kappa shape index (κ2) is 7.11. The van der Waals surface area contributed by atoms with E-state index in [1.807, 2.05) is 33.8 Å². The van der Waals surface area contributed by atoms with Crippen molar-refractivity contribution in [2.45, 2.75) is 33.1 Å². The molecule has 0 radical (unpaired) electrons. The molecule has 5 nitrogen and oxygen atoms in total. The van der Waals surface area contributed by atoms with Crippen LogP contribution in [-0.4, -0.2) is 30.6 Å². The Morgan fingerprint density at radius 3 is 2.41 bits per heavy atom. The molecule has 1 aromatic carbocycles. The molecule has 22 heavy (non-hydrogen) atoms. The van der Waals surface area contributed by atoms with Gasteiger partial charge in [-0.1, -0.05) is 26.8 Å². The predicted octanol–water partition coefficient (Wildman–Crippen LogP) is 3.02.